The van der Waals surface area contributed by atoms with Crippen LogP contribution in [-0.2, 0) is 6.61 Å². The Morgan fingerprint density at radius 1 is 1.12 bits per heavy atom. The molecule has 3 heterocycles. The Kier molecular flexibility index (Phi) is 6.75. The van der Waals surface area contributed by atoms with E-state index in [-0.39, 0.29) is 12.0 Å². The molecular formula is C27H24N4O2. The maximum absolute atomic E-state index is 13.0. The second-order valence-corrected chi connectivity index (χ2v) is 7.18. The van der Waals surface area contributed by atoms with Crippen LogP contribution >= 0.6 is 0 Å². The maximum atomic E-state index is 13.0. The van der Waals surface area contributed by atoms with Crippen LogP contribution in [0.3, 0.4) is 0 Å². The number of benzene rings is 1. The van der Waals surface area contributed by atoms with Gasteiger partial charge < -0.3 is 10.1 Å². The Bertz CT molecular complexity index is 1370. The van der Waals surface area contributed by atoms with Crippen molar-refractivity contribution in [2.75, 3.05) is 5.32 Å². The number of hydrogen-bond donors (Lipinski definition) is 1. The molecule has 33 heavy (non-hydrogen) atoms. The number of aromatic nitrogens is 3. The lowest BCUT2D eigenvalue weighted by atomic mass is 10.2. The zero-order valence-corrected chi connectivity index (χ0v) is 18.3. The molecule has 0 saturated heterocycles. The summed E-state index contributed by atoms with van der Waals surface area (Å²) in [5.74, 6) is 1.11. The lowest BCUT2D eigenvalue weighted by molar-refractivity contribution is 0.289. The highest BCUT2D eigenvalue weighted by atomic mass is 16.5. The molecule has 0 radical (unpaired) electrons. The van der Waals surface area contributed by atoms with E-state index in [2.05, 4.69) is 16.9 Å². The fourth-order valence-electron chi connectivity index (χ4n) is 3.41. The molecule has 0 aliphatic carbocycles. The van der Waals surface area contributed by atoms with Gasteiger partial charge in [-0.25, -0.2) is 9.97 Å². The predicted octanol–water partition coefficient (Wildman–Crippen LogP) is 5.72. The van der Waals surface area contributed by atoms with Crippen LogP contribution in [0.15, 0.2) is 109 Å². The number of hydrogen-bond acceptors (Lipinski definition) is 5. The zero-order chi connectivity index (χ0) is 23.0. The SMILES string of the molecule is C=C/C=C(\C=C/C)n1c(Nc2ccccc2)cc(=O)c2ccc(COc3ccccn3)nc21. The number of nitrogens with one attached hydrogen (secondary N) is 1. The molecule has 4 aromatic rings. The first-order valence-corrected chi connectivity index (χ1v) is 10.6. The molecule has 0 spiro atoms. The number of para-hydroxylation sites is 1. The molecule has 0 bridgehead atoms. The van der Waals surface area contributed by atoms with Crippen LogP contribution in [0.4, 0.5) is 11.5 Å². The molecule has 0 saturated carbocycles. The minimum absolute atomic E-state index is 0.122. The molecule has 0 atom stereocenters. The number of ether oxygens (including phenoxy) is 1. The first-order valence-electron chi connectivity index (χ1n) is 10.6. The van der Waals surface area contributed by atoms with Crippen LogP contribution in [0, 0.1) is 0 Å². The van der Waals surface area contributed by atoms with Gasteiger partial charge in [0.2, 0.25) is 5.88 Å². The molecule has 6 nitrogen and oxygen atoms in total. The van der Waals surface area contributed by atoms with E-state index in [0.29, 0.717) is 28.4 Å². The van der Waals surface area contributed by atoms with Crippen molar-refractivity contribution in [1.29, 1.82) is 0 Å². The summed E-state index contributed by atoms with van der Waals surface area (Å²) in [6, 6.07) is 20.3. The van der Waals surface area contributed by atoms with E-state index in [1.165, 1.54) is 0 Å². The Hall–Kier alpha value is -4.45. The third-order valence-corrected chi connectivity index (χ3v) is 4.85. The Balaban J connectivity index is 1.86. The van der Waals surface area contributed by atoms with Gasteiger partial charge in [0.25, 0.3) is 0 Å². The van der Waals surface area contributed by atoms with Gasteiger partial charge in [-0.15, -0.1) is 0 Å². The van der Waals surface area contributed by atoms with Gasteiger partial charge in [-0.3, -0.25) is 9.36 Å². The van der Waals surface area contributed by atoms with Gasteiger partial charge in [-0.1, -0.05) is 43.0 Å². The molecule has 0 aliphatic heterocycles. The molecule has 0 aliphatic rings. The van der Waals surface area contributed by atoms with Gasteiger partial charge in [-0.2, -0.15) is 0 Å². The van der Waals surface area contributed by atoms with Crippen molar-refractivity contribution in [3.63, 3.8) is 0 Å². The van der Waals surface area contributed by atoms with Crippen LogP contribution in [0.5, 0.6) is 5.88 Å². The van der Waals surface area contributed by atoms with Crippen molar-refractivity contribution in [1.82, 2.24) is 14.5 Å². The first kappa shape index (κ1) is 21.8. The molecular weight excluding hydrogens is 412 g/mol. The van der Waals surface area contributed by atoms with Gasteiger partial charge in [-0.05, 0) is 49.4 Å². The second kappa shape index (κ2) is 10.2. The van der Waals surface area contributed by atoms with Crippen LogP contribution in [-0.4, -0.2) is 14.5 Å². The van der Waals surface area contributed by atoms with Crippen molar-refractivity contribution >= 4 is 28.2 Å². The third-order valence-electron chi connectivity index (χ3n) is 4.85. The number of anilines is 2. The van der Waals surface area contributed by atoms with Gasteiger partial charge in [0.15, 0.2) is 5.43 Å². The number of allylic oxidation sites excluding steroid dienone is 5. The van der Waals surface area contributed by atoms with Crippen LogP contribution in [0.25, 0.3) is 16.7 Å². The summed E-state index contributed by atoms with van der Waals surface area (Å²) in [7, 11) is 0. The van der Waals surface area contributed by atoms with E-state index in [4.69, 9.17) is 9.72 Å². The number of pyridine rings is 3. The number of fused-ring (bicyclic) bond motifs is 1. The van der Waals surface area contributed by atoms with Crippen LogP contribution in [0.1, 0.15) is 12.6 Å². The third kappa shape index (κ3) is 5.07. The smallest absolute Gasteiger partial charge is 0.213 e. The summed E-state index contributed by atoms with van der Waals surface area (Å²) in [5, 5.41) is 3.86. The summed E-state index contributed by atoms with van der Waals surface area (Å²) in [5.41, 5.74) is 2.75. The number of nitrogens with zero attached hydrogens (tertiary/aromatic N) is 3. The Morgan fingerprint density at radius 3 is 2.67 bits per heavy atom. The topological polar surface area (TPSA) is 69.0 Å². The molecule has 1 N–H and O–H groups in total. The largest absolute Gasteiger partial charge is 0.471 e. The number of rotatable bonds is 8. The maximum Gasteiger partial charge on any atom is 0.213 e. The minimum Gasteiger partial charge on any atom is -0.471 e. The molecule has 0 unspecified atom stereocenters. The summed E-state index contributed by atoms with van der Waals surface area (Å²) < 4.78 is 7.68. The van der Waals surface area contributed by atoms with Gasteiger partial charge in [0.05, 0.1) is 11.1 Å². The highest BCUT2D eigenvalue weighted by molar-refractivity contribution is 5.84. The minimum atomic E-state index is -0.122. The summed E-state index contributed by atoms with van der Waals surface area (Å²) in [6.45, 7) is 6.01. The standard InChI is InChI=1S/C27H24N4O2/c1-3-10-22(11-4-2)31-25(29-20-12-6-5-7-13-20)18-24(32)23-16-15-21(30-27(23)31)19-33-26-14-8-9-17-28-26/h3-18,29H,1,19H2,2H3/b11-4-,22-10+. The lowest BCUT2D eigenvalue weighted by Gasteiger charge is -2.19. The monoisotopic (exact) mass is 436 g/mol. The van der Waals surface area contributed by atoms with E-state index >= 15 is 0 Å². The molecule has 4 rings (SSSR count). The van der Waals surface area contributed by atoms with E-state index in [9.17, 15) is 4.79 Å². The summed E-state index contributed by atoms with van der Waals surface area (Å²) in [4.78, 5) is 22.0. The van der Waals surface area contributed by atoms with Crippen molar-refractivity contribution in [2.24, 2.45) is 0 Å². The normalized spacial score (nSPS) is 11.6. The van der Waals surface area contributed by atoms with E-state index in [1.807, 2.05) is 72.2 Å². The second-order valence-electron chi connectivity index (χ2n) is 7.18. The molecule has 3 aromatic heterocycles. The van der Waals surface area contributed by atoms with E-state index < -0.39 is 0 Å². The summed E-state index contributed by atoms with van der Waals surface area (Å²) in [6.07, 6.45) is 9.13. The van der Waals surface area contributed by atoms with Crippen LogP contribution in [0.2, 0.25) is 0 Å². The predicted molar refractivity (Wildman–Crippen MR) is 134 cm³/mol. The fraction of sp³-hybridized carbons (Fsp3) is 0.0741. The zero-order valence-electron chi connectivity index (χ0n) is 18.3. The molecule has 1 aromatic carbocycles. The fourth-order valence-corrected chi connectivity index (χ4v) is 3.41. The average Bonchev–Trinajstić information content (AvgIpc) is 2.84. The molecule has 0 amide bonds. The van der Waals surface area contributed by atoms with Crippen molar-refractivity contribution in [2.45, 2.75) is 13.5 Å². The van der Waals surface area contributed by atoms with Crippen molar-refractivity contribution in [3.8, 4) is 5.88 Å². The van der Waals surface area contributed by atoms with Crippen LogP contribution < -0.4 is 15.5 Å². The Morgan fingerprint density at radius 2 is 1.94 bits per heavy atom. The molecule has 0 fully saturated rings. The average molecular weight is 437 g/mol. The van der Waals surface area contributed by atoms with E-state index in [1.54, 1.807) is 36.5 Å². The van der Waals surface area contributed by atoms with Gasteiger partial charge >= 0.3 is 0 Å². The van der Waals surface area contributed by atoms with Gasteiger partial charge in [0, 0.05) is 29.7 Å². The highest BCUT2D eigenvalue weighted by Crippen LogP contribution is 2.25. The first-order chi connectivity index (χ1) is 16.2. The summed E-state index contributed by atoms with van der Waals surface area (Å²) >= 11 is 0. The molecule has 164 valence electrons. The van der Waals surface area contributed by atoms with E-state index in [0.717, 1.165) is 11.4 Å². The quantitative estimate of drug-likeness (QED) is 0.358. The van der Waals surface area contributed by atoms with Gasteiger partial charge in [0.1, 0.15) is 18.1 Å². The lowest BCUT2D eigenvalue weighted by Crippen LogP contribution is -2.15. The van der Waals surface area contributed by atoms with Crippen molar-refractivity contribution in [3.05, 3.63) is 120 Å². The Labute approximate surface area is 192 Å². The molecule has 6 heteroatoms. The highest BCUT2D eigenvalue weighted by Gasteiger charge is 2.14. The van der Waals surface area contributed by atoms with Crippen molar-refractivity contribution < 1.29 is 4.74 Å².